The number of aromatic nitrogens is 3. The van der Waals surface area contributed by atoms with Gasteiger partial charge in [-0.2, -0.15) is 5.10 Å². The quantitative estimate of drug-likeness (QED) is 0.336. The van der Waals surface area contributed by atoms with E-state index < -0.39 is 0 Å². The van der Waals surface area contributed by atoms with E-state index in [9.17, 15) is 0 Å². The van der Waals surface area contributed by atoms with Crippen LogP contribution in [0.3, 0.4) is 0 Å². The molecule has 2 heterocycles. The van der Waals surface area contributed by atoms with Gasteiger partial charge >= 0.3 is 0 Å². The van der Waals surface area contributed by atoms with Crippen molar-refractivity contribution in [1.29, 1.82) is 0 Å². The van der Waals surface area contributed by atoms with Crippen molar-refractivity contribution in [2.24, 2.45) is 12.0 Å². The molecule has 0 aliphatic rings. The second-order valence-corrected chi connectivity index (χ2v) is 6.76. The van der Waals surface area contributed by atoms with Gasteiger partial charge in [-0.25, -0.2) is 4.68 Å². The molecule has 3 aromatic rings. The highest BCUT2D eigenvalue weighted by atomic mass is 127. The summed E-state index contributed by atoms with van der Waals surface area (Å²) in [4.78, 5) is 6.56. The summed E-state index contributed by atoms with van der Waals surface area (Å²) >= 11 is 0. The molecule has 0 saturated carbocycles. The minimum atomic E-state index is 0. The number of nitrogens with zero attached hydrogens (tertiary/aromatic N) is 5. The average molecular weight is 492 g/mol. The molecule has 7 heteroatoms. The van der Waals surface area contributed by atoms with Crippen LogP contribution < -0.4 is 5.32 Å². The van der Waals surface area contributed by atoms with Crippen LogP contribution in [0.25, 0.3) is 5.69 Å². The van der Waals surface area contributed by atoms with Crippen molar-refractivity contribution in [1.82, 2.24) is 24.6 Å². The molecule has 0 fully saturated rings. The maximum absolute atomic E-state index is 4.72. The van der Waals surface area contributed by atoms with E-state index in [2.05, 4.69) is 78.2 Å². The van der Waals surface area contributed by atoms with Crippen LogP contribution in [-0.2, 0) is 20.1 Å². The Morgan fingerprint density at radius 3 is 2.46 bits per heavy atom. The fraction of sp³-hybridized carbons (Fsp3) is 0.333. The molecule has 0 bridgehead atoms. The highest BCUT2D eigenvalue weighted by Gasteiger charge is 2.14. The maximum Gasteiger partial charge on any atom is 0.194 e. The fourth-order valence-corrected chi connectivity index (χ4v) is 3.28. The van der Waals surface area contributed by atoms with Crippen molar-refractivity contribution < 1.29 is 0 Å². The number of hydrogen-bond donors (Lipinski definition) is 1. The Labute approximate surface area is 184 Å². The molecule has 0 saturated heterocycles. The standard InChI is InChI=1S/C21H28N6.HI/c1-16-20(17(2)27(24-16)18-10-7-6-8-11-18)14-23-21(22-3)26(5)15-19-12-9-13-25(19)4;/h6-13H,14-15H2,1-5H3,(H,22,23);1H. The molecule has 6 nitrogen and oxygen atoms in total. The summed E-state index contributed by atoms with van der Waals surface area (Å²) in [5.41, 5.74) is 5.70. The number of benzene rings is 1. The lowest BCUT2D eigenvalue weighted by Crippen LogP contribution is -2.38. The number of hydrogen-bond acceptors (Lipinski definition) is 2. The SMILES string of the molecule is CN=C(NCc1c(C)nn(-c2ccccc2)c1C)N(C)Cc1cccn1C.I. The fourth-order valence-electron chi connectivity index (χ4n) is 3.28. The van der Waals surface area contributed by atoms with Gasteiger partial charge in [-0.1, -0.05) is 18.2 Å². The van der Waals surface area contributed by atoms with Crippen molar-refractivity contribution >= 4 is 29.9 Å². The minimum Gasteiger partial charge on any atom is -0.353 e. The molecule has 0 aliphatic carbocycles. The largest absolute Gasteiger partial charge is 0.353 e. The lowest BCUT2D eigenvalue weighted by molar-refractivity contribution is 0.461. The summed E-state index contributed by atoms with van der Waals surface area (Å²) in [5, 5.41) is 8.20. The third kappa shape index (κ3) is 4.76. The van der Waals surface area contributed by atoms with E-state index in [-0.39, 0.29) is 24.0 Å². The molecule has 28 heavy (non-hydrogen) atoms. The predicted molar refractivity (Wildman–Crippen MR) is 126 cm³/mol. The first kappa shape index (κ1) is 22.0. The zero-order chi connectivity index (χ0) is 19.4. The second-order valence-electron chi connectivity index (χ2n) is 6.76. The molecule has 150 valence electrons. The zero-order valence-corrected chi connectivity index (χ0v) is 19.5. The molecule has 0 amide bonds. The Morgan fingerprint density at radius 1 is 1.14 bits per heavy atom. The second kappa shape index (κ2) is 9.77. The molecular weight excluding hydrogens is 463 g/mol. The van der Waals surface area contributed by atoms with E-state index in [1.807, 2.05) is 29.9 Å². The van der Waals surface area contributed by atoms with Crippen molar-refractivity contribution in [3.63, 3.8) is 0 Å². The molecule has 1 aromatic carbocycles. The number of halogens is 1. The number of rotatable bonds is 5. The summed E-state index contributed by atoms with van der Waals surface area (Å²) in [6, 6.07) is 14.4. The van der Waals surface area contributed by atoms with Crippen LogP contribution in [0.2, 0.25) is 0 Å². The van der Waals surface area contributed by atoms with Crippen LogP contribution >= 0.6 is 24.0 Å². The van der Waals surface area contributed by atoms with Crippen LogP contribution in [0.4, 0.5) is 0 Å². The van der Waals surface area contributed by atoms with Crippen molar-refractivity contribution in [3.05, 3.63) is 71.3 Å². The van der Waals surface area contributed by atoms with Gasteiger partial charge in [0.2, 0.25) is 0 Å². The molecular formula is C21H29IN6. The van der Waals surface area contributed by atoms with Crippen LogP contribution in [0.15, 0.2) is 53.7 Å². The lowest BCUT2D eigenvalue weighted by Gasteiger charge is -2.22. The first-order valence-corrected chi connectivity index (χ1v) is 9.13. The molecule has 0 aliphatic heterocycles. The maximum atomic E-state index is 4.72. The number of nitrogens with one attached hydrogen (secondary N) is 1. The first-order valence-electron chi connectivity index (χ1n) is 9.13. The molecule has 2 aromatic heterocycles. The number of aliphatic imine (C=N–C) groups is 1. The number of para-hydroxylation sites is 1. The van der Waals surface area contributed by atoms with Crippen molar-refractivity contribution in [3.8, 4) is 5.69 Å². The van der Waals surface area contributed by atoms with Gasteiger partial charge in [0.15, 0.2) is 5.96 Å². The molecule has 0 atom stereocenters. The topological polar surface area (TPSA) is 50.4 Å². The predicted octanol–water partition coefficient (Wildman–Crippen LogP) is 3.65. The minimum absolute atomic E-state index is 0. The van der Waals surface area contributed by atoms with Crippen molar-refractivity contribution in [2.75, 3.05) is 14.1 Å². The third-order valence-corrected chi connectivity index (χ3v) is 4.89. The van der Waals surface area contributed by atoms with E-state index in [4.69, 9.17) is 5.10 Å². The Morgan fingerprint density at radius 2 is 1.86 bits per heavy atom. The van der Waals surface area contributed by atoms with Gasteiger partial charge in [0.25, 0.3) is 0 Å². The third-order valence-electron chi connectivity index (χ3n) is 4.89. The summed E-state index contributed by atoms with van der Waals surface area (Å²) in [6.07, 6.45) is 2.06. The van der Waals surface area contributed by atoms with Crippen LogP contribution in [0, 0.1) is 13.8 Å². The Balaban J connectivity index is 0.00000280. The van der Waals surface area contributed by atoms with Gasteiger partial charge in [0.05, 0.1) is 17.9 Å². The van der Waals surface area contributed by atoms with E-state index in [0.717, 1.165) is 29.6 Å². The van der Waals surface area contributed by atoms with Crippen LogP contribution in [-0.4, -0.2) is 39.3 Å². The van der Waals surface area contributed by atoms with Gasteiger partial charge < -0.3 is 14.8 Å². The molecule has 1 N–H and O–H groups in total. The van der Waals surface area contributed by atoms with Gasteiger partial charge in [-0.3, -0.25) is 4.99 Å². The molecule has 3 rings (SSSR count). The molecule has 0 spiro atoms. The Hall–Kier alpha value is -2.29. The number of guanidine groups is 1. The number of aryl methyl sites for hydroxylation is 2. The lowest BCUT2D eigenvalue weighted by atomic mass is 10.2. The Kier molecular flexibility index (Phi) is 7.68. The molecule has 0 radical (unpaired) electrons. The summed E-state index contributed by atoms with van der Waals surface area (Å²) in [7, 11) is 5.93. The first-order chi connectivity index (χ1) is 13.0. The highest BCUT2D eigenvalue weighted by Crippen LogP contribution is 2.17. The smallest absolute Gasteiger partial charge is 0.194 e. The van der Waals surface area contributed by atoms with E-state index in [1.54, 1.807) is 0 Å². The van der Waals surface area contributed by atoms with Gasteiger partial charge in [-0.05, 0) is 38.1 Å². The summed E-state index contributed by atoms with van der Waals surface area (Å²) in [6.45, 7) is 5.65. The van der Waals surface area contributed by atoms with E-state index in [0.29, 0.717) is 6.54 Å². The normalized spacial score (nSPS) is 11.2. The van der Waals surface area contributed by atoms with E-state index in [1.165, 1.54) is 11.3 Å². The zero-order valence-electron chi connectivity index (χ0n) is 17.2. The summed E-state index contributed by atoms with van der Waals surface area (Å²) in [5.74, 6) is 0.863. The molecule has 0 unspecified atom stereocenters. The van der Waals surface area contributed by atoms with Gasteiger partial charge in [-0.15, -0.1) is 24.0 Å². The Bertz CT molecular complexity index is 926. The van der Waals surface area contributed by atoms with E-state index >= 15 is 0 Å². The summed E-state index contributed by atoms with van der Waals surface area (Å²) < 4.78 is 4.13. The average Bonchev–Trinajstić information content (AvgIpc) is 3.20. The van der Waals surface area contributed by atoms with Crippen molar-refractivity contribution in [2.45, 2.75) is 26.9 Å². The van der Waals surface area contributed by atoms with Gasteiger partial charge in [0.1, 0.15) is 0 Å². The monoisotopic (exact) mass is 492 g/mol. The van der Waals surface area contributed by atoms with Crippen LogP contribution in [0.1, 0.15) is 22.6 Å². The van der Waals surface area contributed by atoms with Gasteiger partial charge in [0, 0.05) is 50.8 Å². The van der Waals surface area contributed by atoms with Crippen LogP contribution in [0.5, 0.6) is 0 Å². The highest BCUT2D eigenvalue weighted by molar-refractivity contribution is 14.0.